The second kappa shape index (κ2) is 6.07. The molecule has 1 rings (SSSR count). The number of halogens is 3. The molecule has 114 valence electrons. The molecule has 0 aliphatic rings. The monoisotopic (exact) mass is 304 g/mol. The van der Waals surface area contributed by atoms with Crippen LogP contribution < -0.4 is 16.0 Å². The Morgan fingerprint density at radius 3 is 2.38 bits per heavy atom. The van der Waals surface area contributed by atoms with Gasteiger partial charge in [0, 0.05) is 13.1 Å². The van der Waals surface area contributed by atoms with Gasteiger partial charge >= 0.3 is 6.18 Å². The van der Waals surface area contributed by atoms with Crippen LogP contribution in [-0.2, 0) is 6.18 Å². The summed E-state index contributed by atoms with van der Waals surface area (Å²) in [5.41, 5.74) is -2.29. The number of guanidine groups is 2. The Bertz CT molecular complexity index is 587. The highest BCUT2D eigenvalue weighted by molar-refractivity contribution is 6.03. The van der Waals surface area contributed by atoms with Gasteiger partial charge in [0.15, 0.2) is 11.9 Å². The Morgan fingerprint density at radius 1 is 1.29 bits per heavy atom. The lowest BCUT2D eigenvalue weighted by Crippen LogP contribution is -2.41. The van der Waals surface area contributed by atoms with E-state index in [0.29, 0.717) is 12.1 Å². The number of nitrogens with zero attached hydrogens (tertiary/aromatic N) is 1. The van der Waals surface area contributed by atoms with Crippen molar-refractivity contribution in [3.63, 3.8) is 0 Å². The van der Waals surface area contributed by atoms with E-state index in [0.717, 1.165) is 6.07 Å². The molecule has 0 unspecified atom stereocenters. The number of anilines is 1. The van der Waals surface area contributed by atoms with Crippen LogP contribution in [0.3, 0.4) is 0 Å². The molecule has 0 atom stereocenters. The van der Waals surface area contributed by atoms with Crippen molar-refractivity contribution < 1.29 is 18.1 Å². The molecule has 0 fully saturated rings. The van der Waals surface area contributed by atoms with Crippen LogP contribution in [0.1, 0.15) is 5.56 Å². The summed E-state index contributed by atoms with van der Waals surface area (Å²) in [4.78, 5) is 9.82. The normalized spacial score (nSPS) is 10.7. The molecule has 11 heteroatoms. The smallest absolute Gasteiger partial charge is 0.359 e. The Morgan fingerprint density at radius 2 is 1.90 bits per heavy atom. The molecule has 8 nitrogen and oxygen atoms in total. The van der Waals surface area contributed by atoms with Crippen molar-refractivity contribution in [1.82, 2.24) is 10.6 Å². The first-order valence-electron chi connectivity index (χ1n) is 5.39. The molecule has 5 N–H and O–H groups in total. The summed E-state index contributed by atoms with van der Waals surface area (Å²) in [6, 6.07) is 1.88. The molecule has 0 saturated carbocycles. The van der Waals surface area contributed by atoms with Crippen molar-refractivity contribution in [1.29, 1.82) is 10.8 Å². The standard InChI is InChI=1S/C10H11F3N6O2/c1-16-8(14)18-9(15)17-6-3-2-5(10(11,12)13)4-7(6)19(20)21/h2-4H,1H3,(H5,14,15,16,17,18). The van der Waals surface area contributed by atoms with E-state index in [-0.39, 0.29) is 11.6 Å². The molecule has 1 aromatic rings. The van der Waals surface area contributed by atoms with Crippen molar-refractivity contribution in [2.75, 3.05) is 12.4 Å². The van der Waals surface area contributed by atoms with Crippen LogP contribution in [0, 0.1) is 20.9 Å². The molecule has 0 radical (unpaired) electrons. The van der Waals surface area contributed by atoms with Crippen LogP contribution in [0.5, 0.6) is 0 Å². The van der Waals surface area contributed by atoms with E-state index in [9.17, 15) is 23.3 Å². The van der Waals surface area contributed by atoms with E-state index in [2.05, 4.69) is 16.0 Å². The molecular weight excluding hydrogens is 293 g/mol. The third-order valence-corrected chi connectivity index (χ3v) is 2.28. The predicted octanol–water partition coefficient (Wildman–Crippen LogP) is 1.70. The average molecular weight is 304 g/mol. The fraction of sp³-hybridized carbons (Fsp3) is 0.200. The topological polar surface area (TPSA) is 127 Å². The summed E-state index contributed by atoms with van der Waals surface area (Å²) < 4.78 is 37.5. The molecule has 0 bridgehead atoms. The molecule has 0 heterocycles. The zero-order chi connectivity index (χ0) is 16.2. The van der Waals surface area contributed by atoms with E-state index in [1.807, 2.05) is 0 Å². The number of nitro groups is 1. The maximum Gasteiger partial charge on any atom is 0.416 e. The van der Waals surface area contributed by atoms with Crippen molar-refractivity contribution in [3.8, 4) is 0 Å². The van der Waals surface area contributed by atoms with Crippen LogP contribution in [0.25, 0.3) is 0 Å². The Hall–Kier alpha value is -2.85. The highest BCUT2D eigenvalue weighted by Gasteiger charge is 2.33. The van der Waals surface area contributed by atoms with Crippen LogP contribution in [0.15, 0.2) is 18.2 Å². The molecule has 21 heavy (non-hydrogen) atoms. The second-order valence-corrected chi connectivity index (χ2v) is 3.74. The Labute approximate surface area is 116 Å². The van der Waals surface area contributed by atoms with Crippen LogP contribution >= 0.6 is 0 Å². The molecule has 0 aromatic heterocycles. The number of hydrogen-bond donors (Lipinski definition) is 5. The van der Waals surface area contributed by atoms with E-state index < -0.39 is 28.3 Å². The minimum absolute atomic E-state index is 0.262. The molecule has 0 saturated heterocycles. The summed E-state index contributed by atoms with van der Waals surface area (Å²) in [6.45, 7) is 0. The summed E-state index contributed by atoms with van der Waals surface area (Å²) in [5.74, 6) is -0.765. The molecule has 0 spiro atoms. The van der Waals surface area contributed by atoms with E-state index in [1.165, 1.54) is 7.05 Å². The third kappa shape index (κ3) is 4.33. The highest BCUT2D eigenvalue weighted by atomic mass is 19.4. The Balaban J connectivity index is 3.05. The van der Waals surface area contributed by atoms with Crippen LogP contribution in [0.4, 0.5) is 24.5 Å². The molecular formula is C10H11F3N6O2. The second-order valence-electron chi connectivity index (χ2n) is 3.74. The zero-order valence-electron chi connectivity index (χ0n) is 10.6. The van der Waals surface area contributed by atoms with Gasteiger partial charge in [-0.1, -0.05) is 0 Å². The maximum absolute atomic E-state index is 12.5. The van der Waals surface area contributed by atoms with Crippen molar-refractivity contribution in [3.05, 3.63) is 33.9 Å². The first-order valence-corrected chi connectivity index (χ1v) is 5.39. The van der Waals surface area contributed by atoms with Gasteiger partial charge in [-0.2, -0.15) is 13.2 Å². The van der Waals surface area contributed by atoms with E-state index >= 15 is 0 Å². The number of rotatable bonds is 2. The summed E-state index contributed by atoms with van der Waals surface area (Å²) in [6.07, 6.45) is -4.71. The summed E-state index contributed by atoms with van der Waals surface area (Å²) in [7, 11) is 1.41. The van der Waals surface area contributed by atoms with Gasteiger partial charge < -0.3 is 10.6 Å². The lowest BCUT2D eigenvalue weighted by atomic mass is 10.1. The quantitative estimate of drug-likeness (QED) is 0.246. The van der Waals surface area contributed by atoms with Crippen LogP contribution in [-0.4, -0.2) is 23.9 Å². The van der Waals surface area contributed by atoms with Crippen molar-refractivity contribution in [2.45, 2.75) is 6.18 Å². The van der Waals surface area contributed by atoms with Gasteiger partial charge in [-0.15, -0.1) is 0 Å². The third-order valence-electron chi connectivity index (χ3n) is 2.28. The molecule has 0 aliphatic heterocycles. The van der Waals surface area contributed by atoms with Gasteiger partial charge in [0.2, 0.25) is 0 Å². The minimum atomic E-state index is -4.71. The van der Waals surface area contributed by atoms with Crippen LogP contribution in [0.2, 0.25) is 0 Å². The van der Waals surface area contributed by atoms with Gasteiger partial charge in [-0.05, 0) is 12.1 Å². The van der Waals surface area contributed by atoms with Gasteiger partial charge in [-0.25, -0.2) is 0 Å². The minimum Gasteiger partial charge on any atom is -0.359 e. The summed E-state index contributed by atoms with van der Waals surface area (Å²) >= 11 is 0. The lowest BCUT2D eigenvalue weighted by Gasteiger charge is -2.12. The number of benzene rings is 1. The first-order chi connectivity index (χ1) is 9.65. The van der Waals surface area contributed by atoms with Gasteiger partial charge in [-0.3, -0.25) is 26.2 Å². The summed E-state index contributed by atoms with van der Waals surface area (Å²) in [5, 5.41) is 32.2. The largest absolute Gasteiger partial charge is 0.416 e. The number of nitro benzene ring substituents is 1. The fourth-order valence-corrected chi connectivity index (χ4v) is 1.32. The molecule has 0 amide bonds. The van der Waals surface area contributed by atoms with Gasteiger partial charge in [0.05, 0.1) is 10.5 Å². The Kier molecular flexibility index (Phi) is 4.68. The van der Waals surface area contributed by atoms with Crippen molar-refractivity contribution in [2.24, 2.45) is 0 Å². The SMILES string of the molecule is CNC(=N)NC(=N)Nc1ccc(C(F)(F)F)cc1[N+](=O)[O-]. The fourth-order valence-electron chi connectivity index (χ4n) is 1.32. The average Bonchev–Trinajstić information content (AvgIpc) is 2.37. The van der Waals surface area contributed by atoms with Gasteiger partial charge in [0.1, 0.15) is 5.69 Å². The molecule has 1 aromatic carbocycles. The van der Waals surface area contributed by atoms with Gasteiger partial charge in [0.25, 0.3) is 5.69 Å². The number of alkyl halides is 3. The predicted molar refractivity (Wildman–Crippen MR) is 69.4 cm³/mol. The zero-order valence-corrected chi connectivity index (χ0v) is 10.6. The number of hydrogen-bond acceptors (Lipinski definition) is 4. The molecule has 0 aliphatic carbocycles. The van der Waals surface area contributed by atoms with E-state index in [4.69, 9.17) is 10.8 Å². The first kappa shape index (κ1) is 16.2. The lowest BCUT2D eigenvalue weighted by molar-refractivity contribution is -0.384. The van der Waals surface area contributed by atoms with E-state index in [1.54, 1.807) is 0 Å². The highest BCUT2D eigenvalue weighted by Crippen LogP contribution is 2.34. The van der Waals surface area contributed by atoms with Crippen molar-refractivity contribution >= 4 is 23.3 Å². The maximum atomic E-state index is 12.5. The number of nitrogens with one attached hydrogen (secondary N) is 5.